The summed E-state index contributed by atoms with van der Waals surface area (Å²) in [5.41, 5.74) is 6.01. The van der Waals surface area contributed by atoms with Gasteiger partial charge in [0.05, 0.1) is 11.4 Å². The summed E-state index contributed by atoms with van der Waals surface area (Å²) in [6.07, 6.45) is 0. The average Bonchev–Trinajstić information content (AvgIpc) is 2.45. The fraction of sp³-hybridized carbons (Fsp3) is 0.467. The molecule has 1 aliphatic rings. The fourth-order valence-electron chi connectivity index (χ4n) is 2.50. The standard InChI is InChI=1S/C15H21N3O2S/c1-13-12-17(2)9-10-18(13)21(19,20)15-7-3-5-14(11-15)6-4-8-16/h3,5,7,11,13H,8-10,12,16H2,1-2H3. The molecule has 1 heterocycles. The zero-order valence-electron chi connectivity index (χ0n) is 12.4. The Balaban J connectivity index is 2.31. The van der Waals surface area contributed by atoms with Gasteiger partial charge in [0.2, 0.25) is 10.0 Å². The summed E-state index contributed by atoms with van der Waals surface area (Å²) >= 11 is 0. The largest absolute Gasteiger partial charge is 0.320 e. The van der Waals surface area contributed by atoms with E-state index in [2.05, 4.69) is 16.7 Å². The Labute approximate surface area is 126 Å². The molecule has 0 amide bonds. The highest BCUT2D eigenvalue weighted by Gasteiger charge is 2.32. The summed E-state index contributed by atoms with van der Waals surface area (Å²) in [4.78, 5) is 2.43. The smallest absolute Gasteiger partial charge is 0.243 e. The van der Waals surface area contributed by atoms with Gasteiger partial charge >= 0.3 is 0 Å². The van der Waals surface area contributed by atoms with E-state index in [9.17, 15) is 8.42 Å². The van der Waals surface area contributed by atoms with Crippen molar-refractivity contribution >= 4 is 10.0 Å². The third kappa shape index (κ3) is 3.63. The van der Waals surface area contributed by atoms with E-state index in [0.29, 0.717) is 17.0 Å². The molecule has 0 bridgehead atoms. The predicted octanol–water partition coefficient (Wildman–Crippen LogP) is 0.321. The maximum absolute atomic E-state index is 12.8. The van der Waals surface area contributed by atoms with Gasteiger partial charge in [0.1, 0.15) is 0 Å². The highest BCUT2D eigenvalue weighted by atomic mass is 32.2. The van der Waals surface area contributed by atoms with Crippen LogP contribution in [-0.4, -0.2) is 56.9 Å². The third-order valence-corrected chi connectivity index (χ3v) is 5.55. The second-order valence-corrected chi connectivity index (χ2v) is 7.15. The highest BCUT2D eigenvalue weighted by molar-refractivity contribution is 7.89. The zero-order valence-corrected chi connectivity index (χ0v) is 13.2. The first kappa shape index (κ1) is 16.0. The van der Waals surface area contributed by atoms with Gasteiger partial charge in [-0.05, 0) is 32.2 Å². The molecule has 0 spiro atoms. The van der Waals surface area contributed by atoms with Gasteiger partial charge in [0.15, 0.2) is 0 Å². The van der Waals surface area contributed by atoms with Crippen molar-refractivity contribution in [3.05, 3.63) is 29.8 Å². The van der Waals surface area contributed by atoms with Crippen LogP contribution in [0, 0.1) is 11.8 Å². The van der Waals surface area contributed by atoms with Gasteiger partial charge in [0.25, 0.3) is 0 Å². The lowest BCUT2D eigenvalue weighted by atomic mass is 10.2. The molecule has 1 fully saturated rings. The Kier molecular flexibility index (Phi) is 5.01. The van der Waals surface area contributed by atoms with E-state index in [1.807, 2.05) is 14.0 Å². The number of likely N-dealkylation sites (N-methyl/N-ethyl adjacent to an activating group) is 1. The van der Waals surface area contributed by atoms with Crippen LogP contribution in [-0.2, 0) is 10.0 Å². The molecule has 2 N–H and O–H groups in total. The molecule has 6 heteroatoms. The molecule has 1 saturated heterocycles. The van der Waals surface area contributed by atoms with Gasteiger partial charge in [-0.1, -0.05) is 17.9 Å². The first-order valence-corrected chi connectivity index (χ1v) is 8.38. The van der Waals surface area contributed by atoms with Crippen molar-refractivity contribution in [3.8, 4) is 11.8 Å². The summed E-state index contributed by atoms with van der Waals surface area (Å²) in [5.74, 6) is 5.61. The molecule has 1 aromatic rings. The van der Waals surface area contributed by atoms with Crippen LogP contribution in [0.5, 0.6) is 0 Å². The normalized spacial score (nSPS) is 20.8. The number of sulfonamides is 1. The van der Waals surface area contributed by atoms with Gasteiger partial charge in [-0.2, -0.15) is 4.31 Å². The summed E-state index contributed by atoms with van der Waals surface area (Å²) in [6.45, 7) is 4.19. The van der Waals surface area contributed by atoms with Crippen molar-refractivity contribution in [1.29, 1.82) is 0 Å². The van der Waals surface area contributed by atoms with Gasteiger partial charge in [-0.3, -0.25) is 0 Å². The van der Waals surface area contributed by atoms with Crippen LogP contribution in [0.3, 0.4) is 0 Å². The first-order chi connectivity index (χ1) is 9.95. The molecule has 1 atom stereocenters. The van der Waals surface area contributed by atoms with Crippen molar-refractivity contribution in [2.45, 2.75) is 17.9 Å². The van der Waals surface area contributed by atoms with Crippen LogP contribution in [0.1, 0.15) is 12.5 Å². The van der Waals surface area contributed by atoms with Crippen LogP contribution in [0.25, 0.3) is 0 Å². The number of nitrogens with zero attached hydrogens (tertiary/aromatic N) is 2. The number of hydrogen-bond acceptors (Lipinski definition) is 4. The number of benzene rings is 1. The molecule has 5 nitrogen and oxygen atoms in total. The van der Waals surface area contributed by atoms with E-state index < -0.39 is 10.0 Å². The molecule has 2 rings (SSSR count). The topological polar surface area (TPSA) is 66.6 Å². The Bertz CT molecular complexity index is 661. The third-order valence-electron chi connectivity index (χ3n) is 3.55. The van der Waals surface area contributed by atoms with Gasteiger partial charge in [-0.25, -0.2) is 8.42 Å². The molecule has 1 unspecified atom stereocenters. The fourth-order valence-corrected chi connectivity index (χ4v) is 4.16. The second-order valence-electron chi connectivity index (χ2n) is 5.26. The van der Waals surface area contributed by atoms with E-state index >= 15 is 0 Å². The van der Waals surface area contributed by atoms with Crippen LogP contribution < -0.4 is 5.73 Å². The molecule has 1 aromatic carbocycles. The first-order valence-electron chi connectivity index (χ1n) is 6.94. The van der Waals surface area contributed by atoms with Crippen LogP contribution in [0.2, 0.25) is 0 Å². The van der Waals surface area contributed by atoms with Crippen molar-refractivity contribution in [3.63, 3.8) is 0 Å². The Hall–Kier alpha value is -1.39. The predicted molar refractivity (Wildman–Crippen MR) is 83.2 cm³/mol. The Morgan fingerprint density at radius 2 is 2.14 bits per heavy atom. The Morgan fingerprint density at radius 1 is 1.38 bits per heavy atom. The molecule has 0 aliphatic carbocycles. The number of piperazine rings is 1. The number of hydrogen-bond donors (Lipinski definition) is 1. The van der Waals surface area contributed by atoms with Crippen LogP contribution in [0.4, 0.5) is 0 Å². The van der Waals surface area contributed by atoms with Gasteiger partial charge < -0.3 is 10.6 Å². The van der Waals surface area contributed by atoms with Crippen molar-refractivity contribution < 1.29 is 8.42 Å². The van der Waals surface area contributed by atoms with E-state index in [0.717, 1.165) is 13.1 Å². The zero-order chi connectivity index (χ0) is 15.5. The average molecular weight is 307 g/mol. The van der Waals surface area contributed by atoms with E-state index in [1.54, 1.807) is 28.6 Å². The lowest BCUT2D eigenvalue weighted by Crippen LogP contribution is -2.52. The molecule has 0 radical (unpaired) electrons. The molecule has 0 saturated carbocycles. The molecule has 114 valence electrons. The molecular formula is C15H21N3O2S. The lowest BCUT2D eigenvalue weighted by Gasteiger charge is -2.37. The maximum Gasteiger partial charge on any atom is 0.243 e. The monoisotopic (exact) mass is 307 g/mol. The minimum Gasteiger partial charge on any atom is -0.320 e. The molecule has 21 heavy (non-hydrogen) atoms. The molecular weight excluding hydrogens is 286 g/mol. The van der Waals surface area contributed by atoms with E-state index in [4.69, 9.17) is 5.73 Å². The summed E-state index contributed by atoms with van der Waals surface area (Å²) in [6, 6.07) is 6.70. The van der Waals surface area contributed by atoms with Gasteiger partial charge in [-0.15, -0.1) is 0 Å². The Morgan fingerprint density at radius 3 is 2.81 bits per heavy atom. The van der Waals surface area contributed by atoms with E-state index in [-0.39, 0.29) is 12.6 Å². The number of nitrogens with two attached hydrogens (primary N) is 1. The molecule has 0 aromatic heterocycles. The SMILES string of the molecule is CC1CN(C)CCN1S(=O)(=O)c1cccc(C#CCN)c1. The summed E-state index contributed by atoms with van der Waals surface area (Å²) in [5, 5.41) is 0. The summed E-state index contributed by atoms with van der Waals surface area (Å²) in [7, 11) is -1.47. The molecule has 1 aliphatic heterocycles. The van der Waals surface area contributed by atoms with Gasteiger partial charge in [0, 0.05) is 31.2 Å². The van der Waals surface area contributed by atoms with Crippen molar-refractivity contribution in [2.75, 3.05) is 33.2 Å². The van der Waals surface area contributed by atoms with Crippen LogP contribution in [0.15, 0.2) is 29.2 Å². The maximum atomic E-state index is 12.8. The second kappa shape index (κ2) is 6.58. The summed E-state index contributed by atoms with van der Waals surface area (Å²) < 4.78 is 27.1. The minimum atomic E-state index is -3.47. The van der Waals surface area contributed by atoms with E-state index in [1.165, 1.54) is 0 Å². The van der Waals surface area contributed by atoms with Crippen molar-refractivity contribution in [2.24, 2.45) is 5.73 Å². The quantitative estimate of drug-likeness (QED) is 0.799. The lowest BCUT2D eigenvalue weighted by molar-refractivity contribution is 0.170. The minimum absolute atomic E-state index is 0.0347. The number of rotatable bonds is 2. The highest BCUT2D eigenvalue weighted by Crippen LogP contribution is 2.21. The van der Waals surface area contributed by atoms with Crippen molar-refractivity contribution in [1.82, 2.24) is 9.21 Å². The van der Waals surface area contributed by atoms with Crippen LogP contribution >= 0.6 is 0 Å².